The van der Waals surface area contributed by atoms with Gasteiger partial charge in [-0.05, 0) is 22.4 Å². The van der Waals surface area contributed by atoms with Crippen LogP contribution in [0.15, 0.2) is 10.8 Å². The van der Waals surface area contributed by atoms with Crippen LogP contribution in [0.3, 0.4) is 0 Å². The molecule has 7 heteroatoms. The van der Waals surface area contributed by atoms with Crippen LogP contribution in [0.4, 0.5) is 5.82 Å². The Morgan fingerprint density at radius 1 is 1.62 bits per heavy atom. The summed E-state index contributed by atoms with van der Waals surface area (Å²) < 4.78 is 0.582. The van der Waals surface area contributed by atoms with Gasteiger partial charge in [-0.3, -0.25) is 4.79 Å². The minimum atomic E-state index is -0.229. The average Bonchev–Trinajstić information content (AvgIpc) is 2.57. The monoisotopic (exact) mass is 304 g/mol. The quantitative estimate of drug-likeness (QED) is 0.842. The van der Waals surface area contributed by atoms with Crippen molar-refractivity contribution in [2.45, 2.75) is 12.5 Å². The molecule has 1 N–H and O–H groups in total. The zero-order valence-corrected chi connectivity index (χ0v) is 10.9. The van der Waals surface area contributed by atoms with Crippen LogP contribution in [0.2, 0.25) is 5.15 Å². The molecule has 1 unspecified atom stereocenters. The number of hydrogen-bond acceptors (Lipinski definition) is 4. The lowest BCUT2D eigenvalue weighted by molar-refractivity contribution is -0.127. The fraction of sp³-hybridized carbons (Fsp3) is 0.444. The van der Waals surface area contributed by atoms with E-state index in [2.05, 4.69) is 31.2 Å². The highest BCUT2D eigenvalue weighted by Gasteiger charge is 2.29. The van der Waals surface area contributed by atoms with Gasteiger partial charge in [-0.2, -0.15) is 0 Å². The van der Waals surface area contributed by atoms with E-state index in [-0.39, 0.29) is 11.9 Å². The summed E-state index contributed by atoms with van der Waals surface area (Å²) in [7, 11) is 1.78. The van der Waals surface area contributed by atoms with Crippen LogP contribution in [-0.2, 0) is 4.79 Å². The van der Waals surface area contributed by atoms with Gasteiger partial charge in [0.15, 0.2) is 0 Å². The van der Waals surface area contributed by atoms with E-state index in [1.807, 2.05) is 0 Å². The first kappa shape index (κ1) is 11.6. The second kappa shape index (κ2) is 4.55. The molecule has 0 radical (unpaired) electrons. The van der Waals surface area contributed by atoms with Crippen molar-refractivity contribution in [3.05, 3.63) is 16.0 Å². The summed E-state index contributed by atoms with van der Waals surface area (Å²) in [6.07, 6.45) is 2.13. The lowest BCUT2D eigenvalue weighted by Gasteiger charge is -2.13. The van der Waals surface area contributed by atoms with E-state index < -0.39 is 0 Å². The van der Waals surface area contributed by atoms with E-state index in [1.165, 1.54) is 6.33 Å². The molecule has 0 aromatic carbocycles. The zero-order valence-electron chi connectivity index (χ0n) is 8.57. The predicted octanol–water partition coefficient (Wildman–Crippen LogP) is 1.54. The van der Waals surface area contributed by atoms with Crippen molar-refractivity contribution < 1.29 is 4.79 Å². The molecule has 86 valence electrons. The Morgan fingerprint density at radius 3 is 3.00 bits per heavy atom. The molecular weight excluding hydrogens is 295 g/mol. The molecule has 1 fully saturated rings. The molecule has 1 aliphatic heterocycles. The lowest BCUT2D eigenvalue weighted by Crippen LogP contribution is -2.31. The molecule has 5 nitrogen and oxygen atoms in total. The summed E-state index contributed by atoms with van der Waals surface area (Å²) in [5.41, 5.74) is 0. The van der Waals surface area contributed by atoms with Crippen LogP contribution in [0.5, 0.6) is 0 Å². The van der Waals surface area contributed by atoms with Crippen molar-refractivity contribution >= 4 is 39.3 Å². The zero-order chi connectivity index (χ0) is 11.7. The van der Waals surface area contributed by atoms with E-state index in [1.54, 1.807) is 11.9 Å². The van der Waals surface area contributed by atoms with Crippen molar-refractivity contribution in [3.63, 3.8) is 0 Å². The van der Waals surface area contributed by atoms with E-state index in [9.17, 15) is 4.79 Å². The number of anilines is 1. The van der Waals surface area contributed by atoms with Crippen LogP contribution < -0.4 is 5.32 Å². The smallest absolute Gasteiger partial charge is 0.244 e. The second-order valence-electron chi connectivity index (χ2n) is 3.57. The number of halogens is 2. The van der Waals surface area contributed by atoms with Gasteiger partial charge in [0.05, 0.1) is 4.47 Å². The first-order chi connectivity index (χ1) is 7.59. The number of carbonyl (C=O) groups excluding carboxylic acids is 1. The van der Waals surface area contributed by atoms with Crippen molar-refractivity contribution in [1.29, 1.82) is 0 Å². The summed E-state index contributed by atoms with van der Waals surface area (Å²) >= 11 is 9.11. The summed E-state index contributed by atoms with van der Waals surface area (Å²) in [4.78, 5) is 21.2. The molecule has 1 aromatic heterocycles. The highest BCUT2D eigenvalue weighted by Crippen LogP contribution is 2.27. The number of aromatic nitrogens is 2. The van der Waals surface area contributed by atoms with Gasteiger partial charge in [0.1, 0.15) is 23.3 Å². The molecule has 2 heterocycles. The molecular formula is C9H10BrClN4O. The number of amides is 1. The number of hydrogen-bond donors (Lipinski definition) is 1. The van der Waals surface area contributed by atoms with Crippen LogP contribution in [0.1, 0.15) is 6.42 Å². The molecule has 0 saturated carbocycles. The maximum atomic E-state index is 11.7. The molecule has 0 spiro atoms. The van der Waals surface area contributed by atoms with Gasteiger partial charge in [-0.25, -0.2) is 9.97 Å². The van der Waals surface area contributed by atoms with Gasteiger partial charge in [0.2, 0.25) is 5.91 Å². The number of nitrogens with zero attached hydrogens (tertiary/aromatic N) is 3. The molecule has 1 aromatic rings. The third-order valence-corrected chi connectivity index (χ3v) is 3.75. The summed E-state index contributed by atoms with van der Waals surface area (Å²) in [5, 5.41) is 3.39. The maximum absolute atomic E-state index is 11.7. The van der Waals surface area contributed by atoms with Crippen LogP contribution in [0, 0.1) is 0 Å². The minimum absolute atomic E-state index is 0.0710. The molecule has 1 amide bonds. The predicted molar refractivity (Wildman–Crippen MR) is 64.4 cm³/mol. The van der Waals surface area contributed by atoms with Crippen molar-refractivity contribution in [2.75, 3.05) is 18.9 Å². The highest BCUT2D eigenvalue weighted by molar-refractivity contribution is 9.10. The summed E-state index contributed by atoms with van der Waals surface area (Å²) in [6, 6.07) is -0.229. The fourth-order valence-electron chi connectivity index (χ4n) is 1.57. The Balaban J connectivity index is 2.16. The van der Waals surface area contributed by atoms with Crippen LogP contribution >= 0.6 is 27.5 Å². The van der Waals surface area contributed by atoms with Crippen LogP contribution in [0.25, 0.3) is 0 Å². The SMILES string of the molecule is CN1CCC(Nc2ncnc(Cl)c2Br)C1=O. The van der Waals surface area contributed by atoms with E-state index in [0.717, 1.165) is 13.0 Å². The average molecular weight is 306 g/mol. The van der Waals surface area contributed by atoms with Crippen molar-refractivity contribution in [2.24, 2.45) is 0 Å². The van der Waals surface area contributed by atoms with Gasteiger partial charge in [0, 0.05) is 13.6 Å². The molecule has 2 rings (SSSR count). The number of likely N-dealkylation sites (N-methyl/N-ethyl adjacent to an activating group) is 1. The molecule has 0 aliphatic carbocycles. The van der Waals surface area contributed by atoms with Gasteiger partial charge in [-0.1, -0.05) is 11.6 Å². The van der Waals surface area contributed by atoms with Crippen molar-refractivity contribution in [3.8, 4) is 0 Å². The van der Waals surface area contributed by atoms with E-state index in [4.69, 9.17) is 11.6 Å². The Kier molecular flexibility index (Phi) is 3.30. The number of rotatable bonds is 2. The van der Waals surface area contributed by atoms with Gasteiger partial charge in [0.25, 0.3) is 0 Å². The number of carbonyl (C=O) groups is 1. The summed E-state index contributed by atoms with van der Waals surface area (Å²) in [6.45, 7) is 0.757. The Bertz CT molecular complexity index is 428. The Morgan fingerprint density at radius 2 is 2.38 bits per heavy atom. The molecule has 16 heavy (non-hydrogen) atoms. The van der Waals surface area contributed by atoms with Crippen LogP contribution in [-0.4, -0.2) is 40.4 Å². The topological polar surface area (TPSA) is 58.1 Å². The first-order valence-corrected chi connectivity index (χ1v) is 5.94. The Labute approximate surface area is 106 Å². The first-order valence-electron chi connectivity index (χ1n) is 4.77. The molecule has 1 aliphatic rings. The van der Waals surface area contributed by atoms with Crippen molar-refractivity contribution in [1.82, 2.24) is 14.9 Å². The van der Waals surface area contributed by atoms with Gasteiger partial charge < -0.3 is 10.2 Å². The number of likely N-dealkylation sites (tertiary alicyclic amines) is 1. The minimum Gasteiger partial charge on any atom is -0.357 e. The molecule has 1 atom stereocenters. The molecule has 0 bridgehead atoms. The third-order valence-electron chi connectivity index (χ3n) is 2.49. The van der Waals surface area contributed by atoms with E-state index >= 15 is 0 Å². The van der Waals surface area contributed by atoms with Gasteiger partial charge >= 0.3 is 0 Å². The standard InChI is InChI=1S/C9H10BrClN4O/c1-15-3-2-5(9(15)16)14-8-6(10)7(11)12-4-13-8/h4-5H,2-3H2,1H3,(H,12,13,14). The normalized spacial score (nSPS) is 20.3. The largest absolute Gasteiger partial charge is 0.357 e. The summed E-state index contributed by atoms with van der Waals surface area (Å²) in [5.74, 6) is 0.621. The maximum Gasteiger partial charge on any atom is 0.244 e. The number of nitrogens with one attached hydrogen (secondary N) is 1. The highest BCUT2D eigenvalue weighted by atomic mass is 79.9. The third kappa shape index (κ3) is 2.12. The van der Waals surface area contributed by atoms with Gasteiger partial charge in [-0.15, -0.1) is 0 Å². The second-order valence-corrected chi connectivity index (χ2v) is 4.72. The van der Waals surface area contributed by atoms with E-state index in [0.29, 0.717) is 15.4 Å². The Hall–Kier alpha value is -0.880. The lowest BCUT2D eigenvalue weighted by atomic mass is 10.2. The fourth-order valence-corrected chi connectivity index (χ4v) is 2.02. The molecule has 1 saturated heterocycles.